The van der Waals surface area contributed by atoms with Gasteiger partial charge in [0.15, 0.2) is 11.5 Å². The number of hydrogen-bond donors (Lipinski definition) is 1. The third kappa shape index (κ3) is 3.60. The van der Waals surface area contributed by atoms with Gasteiger partial charge in [0.25, 0.3) is 0 Å². The van der Waals surface area contributed by atoms with Crippen molar-refractivity contribution in [1.29, 1.82) is 0 Å². The van der Waals surface area contributed by atoms with E-state index in [4.69, 9.17) is 9.47 Å². The predicted octanol–water partition coefficient (Wildman–Crippen LogP) is 2.79. The van der Waals surface area contributed by atoms with E-state index in [1.165, 1.54) is 5.56 Å². The summed E-state index contributed by atoms with van der Waals surface area (Å²) in [4.78, 5) is 4.06. The minimum atomic E-state index is 0.346. The molecule has 0 bridgehead atoms. The number of rotatable bonds is 7. The molecule has 2 heterocycles. The molecule has 2 aromatic rings. The Balaban J connectivity index is 1.54. The first-order valence-corrected chi connectivity index (χ1v) is 7.95. The van der Waals surface area contributed by atoms with Crippen molar-refractivity contribution in [2.75, 3.05) is 19.8 Å². The van der Waals surface area contributed by atoms with Crippen LogP contribution in [-0.4, -0.2) is 29.3 Å². The fraction of sp³-hybridized carbons (Fsp3) is 0.471. The maximum absolute atomic E-state index is 5.67. The minimum absolute atomic E-state index is 0.346. The molecule has 3 rings (SSSR count). The van der Waals surface area contributed by atoms with Crippen LogP contribution in [0.5, 0.6) is 11.5 Å². The van der Waals surface area contributed by atoms with Gasteiger partial charge in [0.05, 0.1) is 6.33 Å². The van der Waals surface area contributed by atoms with Crippen molar-refractivity contribution in [2.45, 2.75) is 32.4 Å². The highest BCUT2D eigenvalue weighted by molar-refractivity contribution is 5.44. The molecule has 1 aliphatic heterocycles. The van der Waals surface area contributed by atoms with E-state index in [-0.39, 0.29) is 0 Å². The zero-order valence-electron chi connectivity index (χ0n) is 13.0. The van der Waals surface area contributed by atoms with E-state index in [0.717, 1.165) is 37.4 Å². The molecule has 1 atom stereocenters. The van der Waals surface area contributed by atoms with Gasteiger partial charge in [-0.25, -0.2) is 4.98 Å². The third-order valence-electron chi connectivity index (χ3n) is 3.92. The van der Waals surface area contributed by atoms with Crippen LogP contribution >= 0.6 is 0 Å². The Bertz CT molecular complexity index is 584. The first-order chi connectivity index (χ1) is 10.9. The second kappa shape index (κ2) is 7.31. The van der Waals surface area contributed by atoms with Crippen molar-refractivity contribution < 1.29 is 9.47 Å². The van der Waals surface area contributed by atoms with Crippen molar-refractivity contribution in [1.82, 2.24) is 14.9 Å². The van der Waals surface area contributed by atoms with Gasteiger partial charge < -0.3 is 19.4 Å². The number of ether oxygens (including phenoxy) is 2. The lowest BCUT2D eigenvalue weighted by Gasteiger charge is -2.22. The molecule has 0 amide bonds. The van der Waals surface area contributed by atoms with Gasteiger partial charge in [-0.2, -0.15) is 0 Å². The van der Waals surface area contributed by atoms with Gasteiger partial charge in [0.1, 0.15) is 13.2 Å². The van der Waals surface area contributed by atoms with E-state index in [9.17, 15) is 0 Å². The lowest BCUT2D eigenvalue weighted by molar-refractivity contribution is 0.171. The largest absolute Gasteiger partial charge is 0.486 e. The molecule has 1 aromatic carbocycles. The number of nitrogens with zero attached hydrogens (tertiary/aromatic N) is 2. The number of fused-ring (bicyclic) bond motifs is 1. The first kappa shape index (κ1) is 14.9. The van der Waals surface area contributed by atoms with Crippen LogP contribution in [0.2, 0.25) is 0 Å². The van der Waals surface area contributed by atoms with Gasteiger partial charge in [-0.05, 0) is 37.1 Å². The highest BCUT2D eigenvalue weighted by atomic mass is 16.6. The van der Waals surface area contributed by atoms with Gasteiger partial charge >= 0.3 is 0 Å². The molecule has 5 nitrogen and oxygen atoms in total. The topological polar surface area (TPSA) is 48.3 Å². The van der Waals surface area contributed by atoms with E-state index in [1.807, 2.05) is 24.8 Å². The van der Waals surface area contributed by atoms with Crippen LogP contribution in [0.15, 0.2) is 36.9 Å². The van der Waals surface area contributed by atoms with Crippen molar-refractivity contribution in [2.24, 2.45) is 0 Å². The van der Waals surface area contributed by atoms with E-state index in [2.05, 4.69) is 33.9 Å². The summed E-state index contributed by atoms with van der Waals surface area (Å²) in [6.07, 6.45) is 7.80. The maximum Gasteiger partial charge on any atom is 0.161 e. The number of benzene rings is 1. The van der Waals surface area contributed by atoms with Crippen molar-refractivity contribution in [3.05, 3.63) is 42.5 Å². The number of aromatic nitrogens is 2. The fourth-order valence-electron chi connectivity index (χ4n) is 2.73. The lowest BCUT2D eigenvalue weighted by atomic mass is 10.0. The summed E-state index contributed by atoms with van der Waals surface area (Å²) in [6.45, 7) is 5.43. The summed E-state index contributed by atoms with van der Waals surface area (Å²) in [7, 11) is 0. The van der Waals surface area contributed by atoms with Gasteiger partial charge in [-0.1, -0.05) is 13.0 Å². The Morgan fingerprint density at radius 2 is 2.14 bits per heavy atom. The van der Waals surface area contributed by atoms with Gasteiger partial charge in [-0.3, -0.25) is 0 Å². The molecule has 0 saturated carbocycles. The molecule has 5 heteroatoms. The zero-order chi connectivity index (χ0) is 15.2. The normalized spacial score (nSPS) is 14.8. The van der Waals surface area contributed by atoms with Crippen LogP contribution < -0.4 is 14.8 Å². The van der Waals surface area contributed by atoms with E-state index in [1.54, 1.807) is 0 Å². The minimum Gasteiger partial charge on any atom is -0.486 e. The van der Waals surface area contributed by atoms with Crippen LogP contribution in [0, 0.1) is 0 Å². The molecule has 118 valence electrons. The van der Waals surface area contributed by atoms with Gasteiger partial charge in [0, 0.05) is 25.0 Å². The standard InChI is InChI=1S/C17H23N3O2/c1-2-15(19-6-3-8-20-9-7-18-13-20)14-4-5-16-17(12-14)22-11-10-21-16/h4-5,7,9,12-13,15,19H,2-3,6,8,10-11H2,1H3. The Kier molecular flexibility index (Phi) is 4.96. The second-order valence-electron chi connectivity index (χ2n) is 5.47. The molecule has 0 saturated heterocycles. The SMILES string of the molecule is CCC(NCCCn1ccnc1)c1ccc2c(c1)OCCO2. The van der Waals surface area contributed by atoms with E-state index in [0.29, 0.717) is 19.3 Å². The van der Waals surface area contributed by atoms with Crippen LogP contribution in [-0.2, 0) is 6.54 Å². The van der Waals surface area contributed by atoms with Gasteiger partial charge in [-0.15, -0.1) is 0 Å². The molecule has 0 aliphatic carbocycles. The summed E-state index contributed by atoms with van der Waals surface area (Å²) < 4.78 is 13.4. The number of hydrogen-bond acceptors (Lipinski definition) is 4. The Morgan fingerprint density at radius 3 is 2.91 bits per heavy atom. The highest BCUT2D eigenvalue weighted by Crippen LogP contribution is 2.33. The molecule has 1 N–H and O–H groups in total. The molecule has 1 aliphatic rings. The number of nitrogens with one attached hydrogen (secondary N) is 1. The molecule has 0 radical (unpaired) electrons. The van der Waals surface area contributed by atoms with Crippen molar-refractivity contribution in [3.63, 3.8) is 0 Å². The summed E-state index contributed by atoms with van der Waals surface area (Å²) in [6, 6.07) is 6.59. The van der Waals surface area contributed by atoms with Crippen LogP contribution in [0.1, 0.15) is 31.4 Å². The maximum atomic E-state index is 5.67. The lowest BCUT2D eigenvalue weighted by Crippen LogP contribution is -2.23. The van der Waals surface area contributed by atoms with E-state index < -0.39 is 0 Å². The summed E-state index contributed by atoms with van der Waals surface area (Å²) in [5.41, 5.74) is 1.26. The average molecular weight is 301 g/mol. The molecule has 22 heavy (non-hydrogen) atoms. The Morgan fingerprint density at radius 1 is 1.27 bits per heavy atom. The van der Waals surface area contributed by atoms with Crippen LogP contribution in [0.4, 0.5) is 0 Å². The first-order valence-electron chi connectivity index (χ1n) is 7.95. The quantitative estimate of drug-likeness (QED) is 0.799. The molecular weight excluding hydrogens is 278 g/mol. The molecular formula is C17H23N3O2. The van der Waals surface area contributed by atoms with Gasteiger partial charge in [0.2, 0.25) is 0 Å². The van der Waals surface area contributed by atoms with Crippen molar-refractivity contribution >= 4 is 0 Å². The molecule has 1 unspecified atom stereocenters. The average Bonchev–Trinajstić information content (AvgIpc) is 3.08. The summed E-state index contributed by atoms with van der Waals surface area (Å²) >= 11 is 0. The number of aryl methyl sites for hydroxylation is 1. The Labute approximate surface area is 131 Å². The van der Waals surface area contributed by atoms with Crippen LogP contribution in [0.25, 0.3) is 0 Å². The van der Waals surface area contributed by atoms with Crippen LogP contribution in [0.3, 0.4) is 0 Å². The third-order valence-corrected chi connectivity index (χ3v) is 3.92. The molecule has 0 spiro atoms. The Hall–Kier alpha value is -2.01. The summed E-state index contributed by atoms with van der Waals surface area (Å²) in [5, 5.41) is 3.62. The van der Waals surface area contributed by atoms with Crippen molar-refractivity contribution in [3.8, 4) is 11.5 Å². The number of imidazole rings is 1. The molecule has 1 aromatic heterocycles. The smallest absolute Gasteiger partial charge is 0.161 e. The highest BCUT2D eigenvalue weighted by Gasteiger charge is 2.15. The monoisotopic (exact) mass is 301 g/mol. The fourth-order valence-corrected chi connectivity index (χ4v) is 2.73. The summed E-state index contributed by atoms with van der Waals surface area (Å²) in [5.74, 6) is 1.72. The van der Waals surface area contributed by atoms with E-state index >= 15 is 0 Å². The predicted molar refractivity (Wildman–Crippen MR) is 85.3 cm³/mol. The zero-order valence-corrected chi connectivity index (χ0v) is 13.0. The molecule has 0 fully saturated rings. The second-order valence-corrected chi connectivity index (χ2v) is 5.47.